The van der Waals surface area contributed by atoms with Crippen LogP contribution < -0.4 is 33.7 Å². The molecular formula is C57H65BrCl3IN5O8P2-. The molecule has 1 saturated carbocycles. The van der Waals surface area contributed by atoms with Crippen LogP contribution in [0.5, 0.6) is 34.5 Å². The Morgan fingerprint density at radius 2 is 1.18 bits per heavy atom. The lowest BCUT2D eigenvalue weighted by molar-refractivity contribution is -0.0726. The van der Waals surface area contributed by atoms with Crippen molar-refractivity contribution >= 4 is 93.7 Å². The zero-order chi connectivity index (χ0) is 53.3. The predicted molar refractivity (Wildman–Crippen MR) is 323 cm³/mol. The van der Waals surface area contributed by atoms with Gasteiger partial charge < -0.3 is 50.8 Å². The molecule has 8 heterocycles. The van der Waals surface area contributed by atoms with Gasteiger partial charge in [0.15, 0.2) is 34.5 Å². The molecule has 5 aliphatic heterocycles. The smallest absolute Gasteiger partial charge is 0.410 e. The van der Waals surface area contributed by atoms with E-state index in [2.05, 4.69) is 85.4 Å². The number of pyridine rings is 3. The van der Waals surface area contributed by atoms with Crippen molar-refractivity contribution in [2.75, 3.05) is 26.2 Å². The third-order valence-electron chi connectivity index (χ3n) is 13.8. The maximum atomic E-state index is 12.4. The van der Waals surface area contributed by atoms with Crippen LogP contribution in [0, 0.1) is 13.3 Å². The summed E-state index contributed by atoms with van der Waals surface area (Å²) >= 11 is 23.5. The zero-order valence-electron chi connectivity index (χ0n) is 43.2. The summed E-state index contributed by atoms with van der Waals surface area (Å²) in [5, 5.41) is 5.24. The lowest BCUT2D eigenvalue weighted by Gasteiger charge is -2.34. The Kier molecular flexibility index (Phi) is 19.6. The number of ether oxygens (including phenoxy) is 7. The third-order valence-corrected chi connectivity index (χ3v) is 15.1. The zero-order valence-corrected chi connectivity index (χ0v) is 51.4. The van der Waals surface area contributed by atoms with Crippen LogP contribution in [0.3, 0.4) is 0 Å². The van der Waals surface area contributed by atoms with Gasteiger partial charge in [0.2, 0.25) is 0 Å². The largest absolute Gasteiger partial charge is 0.444 e. The molecular weight excluding hydrogens is 1260 g/mol. The van der Waals surface area contributed by atoms with Gasteiger partial charge >= 0.3 is 6.09 Å². The quantitative estimate of drug-likeness (QED) is 0.1000. The van der Waals surface area contributed by atoms with E-state index in [4.69, 9.17) is 68.0 Å². The van der Waals surface area contributed by atoms with Crippen LogP contribution in [-0.2, 0) is 27.5 Å². The molecule has 3 aromatic heterocycles. The molecule has 4 unspecified atom stereocenters. The van der Waals surface area contributed by atoms with Gasteiger partial charge in [-0.2, -0.15) is 0 Å². The summed E-state index contributed by atoms with van der Waals surface area (Å²) in [5.74, 6) is 3.69. The second-order valence-corrected chi connectivity index (χ2v) is 28.9. The Morgan fingerprint density at radius 1 is 0.727 bits per heavy atom. The van der Waals surface area contributed by atoms with Crippen LogP contribution in [0.2, 0.25) is 15.1 Å². The molecule has 12 rings (SSSR count). The van der Waals surface area contributed by atoms with Crippen molar-refractivity contribution in [3.8, 4) is 34.5 Å². The third kappa shape index (κ3) is 13.5. The monoisotopic (exact) mass is 1320 g/mol. The highest BCUT2D eigenvalue weighted by Crippen LogP contribution is 2.63. The van der Waals surface area contributed by atoms with E-state index in [1.54, 1.807) is 41.7 Å². The molecule has 2 saturated heterocycles. The van der Waals surface area contributed by atoms with Crippen molar-refractivity contribution in [2.24, 2.45) is 5.92 Å². The van der Waals surface area contributed by atoms with E-state index < -0.39 is 23.0 Å². The van der Waals surface area contributed by atoms with Crippen molar-refractivity contribution in [1.29, 1.82) is 0 Å². The highest BCUT2D eigenvalue weighted by atomic mass is 127. The van der Waals surface area contributed by atoms with E-state index in [9.17, 15) is 4.79 Å². The number of aromatic nitrogens is 3. The van der Waals surface area contributed by atoms with Crippen molar-refractivity contribution in [3.63, 3.8) is 0 Å². The minimum absolute atomic E-state index is 0. The molecule has 1 amide bonds. The van der Waals surface area contributed by atoms with Crippen LogP contribution in [0.15, 0.2) is 114 Å². The molecule has 1 N–H and O–H groups in total. The molecule has 6 aliphatic rings. The van der Waals surface area contributed by atoms with Gasteiger partial charge in [-0.05, 0) is 154 Å². The average molecular weight is 1320 g/mol. The highest BCUT2D eigenvalue weighted by molar-refractivity contribution is 14.2. The fraction of sp³-hybridized carbons (Fsp3) is 0.386. The number of hydrogen-bond donors (Lipinski definition) is 1. The number of hydrogen-bond acceptors (Lipinski definition) is 12. The molecule has 0 radical (unpaired) electrons. The van der Waals surface area contributed by atoms with Gasteiger partial charge in [-0.1, -0.05) is 94.6 Å². The van der Waals surface area contributed by atoms with Crippen LogP contribution in [0.1, 0.15) is 109 Å². The van der Waals surface area contributed by atoms with Gasteiger partial charge in [0.05, 0.1) is 19.5 Å². The first-order valence-electron chi connectivity index (χ1n) is 24.6. The number of carbonyl (C=O) groups excluding carboxylic acids is 1. The summed E-state index contributed by atoms with van der Waals surface area (Å²) < 4.78 is 43.1. The summed E-state index contributed by atoms with van der Waals surface area (Å²) in [6.07, 6.45) is 8.62. The number of carbonyl (C=O) groups is 1. The average Bonchev–Trinajstić information content (AvgIpc) is 3.80. The van der Waals surface area contributed by atoms with E-state index in [-0.39, 0.29) is 32.3 Å². The van der Waals surface area contributed by atoms with Crippen LogP contribution in [0.4, 0.5) is 4.79 Å². The molecule has 3 fully saturated rings. The first-order valence-corrected chi connectivity index (χ1v) is 32.4. The highest BCUT2D eigenvalue weighted by Gasteiger charge is 2.58. The summed E-state index contributed by atoms with van der Waals surface area (Å²) in [5.41, 5.74) is 4.24. The fourth-order valence-electron chi connectivity index (χ4n) is 10.0. The van der Waals surface area contributed by atoms with E-state index in [1.807, 2.05) is 96.1 Å². The Labute approximate surface area is 493 Å². The first kappa shape index (κ1) is 60.7. The van der Waals surface area contributed by atoms with Gasteiger partial charge in [0.25, 0.3) is 17.4 Å². The molecule has 77 heavy (non-hydrogen) atoms. The van der Waals surface area contributed by atoms with Crippen molar-refractivity contribution in [2.45, 2.75) is 109 Å². The topological polar surface area (TPSA) is 136 Å². The number of rotatable bonds is 5. The molecule has 3 aromatic carbocycles. The second-order valence-electron chi connectivity index (χ2n) is 20.3. The molecule has 7 atom stereocenters. The fourth-order valence-corrected chi connectivity index (χ4v) is 10.8. The number of para-hydroxylation sites is 3. The van der Waals surface area contributed by atoms with E-state index in [0.29, 0.717) is 62.7 Å². The van der Waals surface area contributed by atoms with E-state index >= 15 is 0 Å². The van der Waals surface area contributed by atoms with Gasteiger partial charge in [-0.25, -0.2) is 4.79 Å². The number of likely N-dealkylation sites (tertiary alicyclic amines) is 1. The summed E-state index contributed by atoms with van der Waals surface area (Å²) in [6, 6.07) is 28.7. The minimum atomic E-state index is -1.000. The van der Waals surface area contributed by atoms with Gasteiger partial charge in [-0.3, -0.25) is 15.0 Å². The molecule has 412 valence electrons. The number of halogens is 5. The number of nitrogens with zero attached hydrogens (tertiary/aromatic N) is 4. The molecule has 0 bridgehead atoms. The van der Waals surface area contributed by atoms with Crippen molar-refractivity contribution in [3.05, 3.63) is 165 Å². The number of piperidine rings is 2. The number of amides is 1. The SMILES string of the molecule is C.CC(C)(C)OC(=O)N1CCC(c2cccc3c2O[C@](C)(c2ccc(Cl)cn2)O3)CC1.C[C@@]1(c2ccc(Cl)cn2)Oc2cccc(Br)c2O1.C[C@@]1(c2ccc(Cl)cn2)Oc2cccc(C34CCNCC3C4)c2O1.PPI.[CH3-]. The van der Waals surface area contributed by atoms with Crippen molar-refractivity contribution < 1.29 is 38.0 Å². The summed E-state index contributed by atoms with van der Waals surface area (Å²) in [6.45, 7) is 14.7. The standard InChI is InChI=1S/C23H27ClN2O4.C19H19ClN2O2.C13H9BrClNO2.CH4.CH3.H3IP2/c1-22(2,3)30-21(27)26-12-10-15(11-13-26)17-6-5-7-18-20(17)29-23(4,28-18)19-9-8-16(24)14-25-19;1-18(16-6-5-13(20)11-22-16)23-15-4-2-3-14(17(15)24-18)19-7-8-21-10-12(19)9-19;1-13(11-6-5-8(15)7-16-11)17-10-4-2-3-9(14)12(10)18-13;;;1-3-2/h5-9,14-15H,10-13H2,1-4H3;2-6,11-12,21H,7-10H2,1H3;2-7H,1H3;1H4;1H3;3H,2H2/q;;;;-1;/t23-;12?,18-,19?;13-;;;/m111.../s1. The number of nitrogens with one attached hydrogen (secondary N) is 1. The minimum Gasteiger partial charge on any atom is -0.444 e. The molecule has 0 spiro atoms. The van der Waals surface area contributed by atoms with Crippen LogP contribution >= 0.6 is 87.6 Å². The Bertz CT molecular complexity index is 3020. The molecule has 1 aliphatic carbocycles. The summed E-state index contributed by atoms with van der Waals surface area (Å²) in [4.78, 5) is 27.2. The predicted octanol–water partition coefficient (Wildman–Crippen LogP) is 16.2. The van der Waals surface area contributed by atoms with E-state index in [0.717, 1.165) is 71.2 Å². The Hall–Kier alpha value is -3.92. The maximum Gasteiger partial charge on any atom is 0.410 e. The molecule has 13 nitrogen and oxygen atoms in total. The molecule has 20 heteroatoms. The Morgan fingerprint density at radius 3 is 1.65 bits per heavy atom. The Balaban J connectivity index is 0.000000166. The lowest BCUT2D eigenvalue weighted by atomic mass is 9.87. The van der Waals surface area contributed by atoms with Crippen LogP contribution in [-0.4, -0.2) is 57.7 Å². The van der Waals surface area contributed by atoms with E-state index in [1.165, 1.54) is 12.0 Å². The van der Waals surface area contributed by atoms with Gasteiger partial charge in [0.1, 0.15) is 22.7 Å². The maximum absolute atomic E-state index is 12.4. The first-order chi connectivity index (χ1) is 35.7. The number of benzene rings is 3. The summed E-state index contributed by atoms with van der Waals surface area (Å²) in [7, 11) is 2.59. The second kappa shape index (κ2) is 24.8. The van der Waals surface area contributed by atoms with Gasteiger partial charge in [-0.15, -0.1) is 8.93 Å². The molecule has 6 aromatic rings. The lowest BCUT2D eigenvalue weighted by Crippen LogP contribution is -2.41. The number of fused-ring (bicyclic) bond motifs is 4. The van der Waals surface area contributed by atoms with Gasteiger partial charge in [0, 0.05) is 69.0 Å². The van der Waals surface area contributed by atoms with Crippen molar-refractivity contribution in [1.82, 2.24) is 25.2 Å². The normalized spacial score (nSPS) is 24.1. The van der Waals surface area contributed by atoms with Crippen LogP contribution in [0.25, 0.3) is 0 Å².